The molecule has 0 bridgehead atoms. The van der Waals surface area contributed by atoms with Crippen LogP contribution in [0.3, 0.4) is 0 Å². The van der Waals surface area contributed by atoms with E-state index in [1.807, 2.05) is 6.07 Å². The highest BCUT2D eigenvalue weighted by Gasteiger charge is 2.29. The van der Waals surface area contributed by atoms with E-state index < -0.39 is 0 Å². The highest BCUT2D eigenvalue weighted by molar-refractivity contribution is 9.11. The molecule has 1 aliphatic rings. The maximum atomic E-state index is 6.23. The summed E-state index contributed by atoms with van der Waals surface area (Å²) in [6.45, 7) is 3.22. The van der Waals surface area contributed by atoms with E-state index in [9.17, 15) is 0 Å². The molecule has 0 amide bonds. The van der Waals surface area contributed by atoms with Crippen LogP contribution in [-0.4, -0.2) is 6.54 Å². The number of benzene rings is 1. The number of nitrogens with one attached hydrogen (secondary N) is 1. The van der Waals surface area contributed by atoms with E-state index in [4.69, 9.17) is 4.74 Å². The summed E-state index contributed by atoms with van der Waals surface area (Å²) in [6.07, 6.45) is 2.23. The quantitative estimate of drug-likeness (QED) is 0.657. The van der Waals surface area contributed by atoms with Gasteiger partial charge in [-0.15, -0.1) is 11.3 Å². The fraction of sp³-hybridized carbons (Fsp3) is 0.375. The predicted molar refractivity (Wildman–Crippen MR) is 95.2 cm³/mol. The van der Waals surface area contributed by atoms with Crippen molar-refractivity contribution in [1.29, 1.82) is 0 Å². The third kappa shape index (κ3) is 3.52. The van der Waals surface area contributed by atoms with E-state index in [1.54, 1.807) is 11.3 Å². The highest BCUT2D eigenvalue weighted by Crippen LogP contribution is 2.43. The fourth-order valence-electron chi connectivity index (χ4n) is 2.63. The SMILES string of the molecule is CCCNC1CC(c2ccc(Br)s2)Oc2ccc(Br)cc21. The minimum absolute atomic E-state index is 0.129. The number of hydrogen-bond donors (Lipinski definition) is 1. The molecule has 0 saturated heterocycles. The van der Waals surface area contributed by atoms with Crippen molar-refractivity contribution in [3.05, 3.63) is 49.0 Å². The van der Waals surface area contributed by atoms with Crippen molar-refractivity contribution in [2.24, 2.45) is 0 Å². The molecule has 5 heteroatoms. The molecule has 2 atom stereocenters. The lowest BCUT2D eigenvalue weighted by molar-refractivity contribution is 0.154. The van der Waals surface area contributed by atoms with Crippen LogP contribution in [0.2, 0.25) is 0 Å². The molecule has 0 spiro atoms. The summed E-state index contributed by atoms with van der Waals surface area (Å²) >= 11 is 8.85. The number of fused-ring (bicyclic) bond motifs is 1. The van der Waals surface area contributed by atoms with Gasteiger partial charge in [-0.2, -0.15) is 0 Å². The van der Waals surface area contributed by atoms with E-state index >= 15 is 0 Å². The summed E-state index contributed by atoms with van der Waals surface area (Å²) in [5.41, 5.74) is 1.25. The molecule has 1 aliphatic heterocycles. The topological polar surface area (TPSA) is 21.3 Å². The Kier molecular flexibility index (Phi) is 5.04. The van der Waals surface area contributed by atoms with E-state index in [0.29, 0.717) is 6.04 Å². The molecular weight excluding hydrogens is 414 g/mol. The fourth-order valence-corrected chi connectivity index (χ4v) is 4.47. The first-order chi connectivity index (χ1) is 10.2. The van der Waals surface area contributed by atoms with Crippen LogP contribution in [0, 0.1) is 0 Å². The summed E-state index contributed by atoms with van der Waals surface area (Å²) in [7, 11) is 0. The molecule has 1 N–H and O–H groups in total. The first kappa shape index (κ1) is 15.5. The summed E-state index contributed by atoms with van der Waals surface area (Å²) in [6, 6.07) is 10.9. The maximum Gasteiger partial charge on any atom is 0.135 e. The molecule has 0 saturated carbocycles. The lowest BCUT2D eigenvalue weighted by Crippen LogP contribution is -2.29. The van der Waals surface area contributed by atoms with Gasteiger partial charge in [-0.1, -0.05) is 22.9 Å². The van der Waals surface area contributed by atoms with Crippen LogP contribution in [0.1, 0.15) is 42.4 Å². The van der Waals surface area contributed by atoms with Gasteiger partial charge in [-0.25, -0.2) is 0 Å². The molecule has 1 aromatic carbocycles. The number of ether oxygens (including phenoxy) is 1. The van der Waals surface area contributed by atoms with E-state index in [-0.39, 0.29) is 6.10 Å². The van der Waals surface area contributed by atoms with Gasteiger partial charge in [0.25, 0.3) is 0 Å². The number of thiophene rings is 1. The summed E-state index contributed by atoms with van der Waals surface area (Å²) in [4.78, 5) is 1.28. The zero-order chi connectivity index (χ0) is 14.8. The van der Waals surface area contributed by atoms with E-state index in [2.05, 4.69) is 68.4 Å². The number of rotatable bonds is 4. The molecule has 0 fully saturated rings. The second kappa shape index (κ2) is 6.82. The monoisotopic (exact) mass is 429 g/mol. The van der Waals surface area contributed by atoms with Crippen LogP contribution in [0.15, 0.2) is 38.6 Å². The number of hydrogen-bond acceptors (Lipinski definition) is 3. The largest absolute Gasteiger partial charge is 0.484 e. The smallest absolute Gasteiger partial charge is 0.135 e. The van der Waals surface area contributed by atoms with Gasteiger partial charge in [0.2, 0.25) is 0 Å². The maximum absolute atomic E-state index is 6.23. The Bertz CT molecular complexity index is 628. The van der Waals surface area contributed by atoms with Crippen LogP contribution in [-0.2, 0) is 0 Å². The second-order valence-corrected chi connectivity index (χ2v) is 8.58. The van der Waals surface area contributed by atoms with Gasteiger partial charge in [0, 0.05) is 27.4 Å². The van der Waals surface area contributed by atoms with Crippen LogP contribution >= 0.6 is 43.2 Å². The molecule has 2 unspecified atom stereocenters. The Balaban J connectivity index is 1.90. The van der Waals surface area contributed by atoms with E-state index in [1.165, 1.54) is 10.4 Å². The summed E-state index contributed by atoms with van der Waals surface area (Å²) in [5.74, 6) is 0.993. The molecule has 2 nitrogen and oxygen atoms in total. The Morgan fingerprint density at radius 3 is 2.86 bits per heavy atom. The van der Waals surface area contributed by atoms with Crippen molar-refractivity contribution < 1.29 is 4.74 Å². The third-order valence-electron chi connectivity index (χ3n) is 3.62. The van der Waals surface area contributed by atoms with Gasteiger partial charge >= 0.3 is 0 Å². The van der Waals surface area contributed by atoms with E-state index in [0.717, 1.165) is 33.4 Å². The zero-order valence-electron chi connectivity index (χ0n) is 11.7. The van der Waals surface area contributed by atoms with Crippen LogP contribution in [0.25, 0.3) is 0 Å². The standard InChI is InChI=1S/C16H17Br2NOS/c1-2-7-19-12-9-14(15-5-6-16(18)21-15)20-13-4-3-10(17)8-11(12)13/h3-6,8,12,14,19H,2,7,9H2,1H3. The number of halogens is 2. The second-order valence-electron chi connectivity index (χ2n) is 5.17. The molecule has 0 radical (unpaired) electrons. The summed E-state index contributed by atoms with van der Waals surface area (Å²) < 4.78 is 8.48. The van der Waals surface area contributed by atoms with Crippen LogP contribution < -0.4 is 10.1 Å². The van der Waals surface area contributed by atoms with Gasteiger partial charge in [0.05, 0.1) is 3.79 Å². The zero-order valence-corrected chi connectivity index (χ0v) is 15.7. The van der Waals surface area contributed by atoms with Crippen molar-refractivity contribution in [3.8, 4) is 5.75 Å². The van der Waals surface area contributed by atoms with Crippen molar-refractivity contribution in [1.82, 2.24) is 5.32 Å². The van der Waals surface area contributed by atoms with Crippen LogP contribution in [0.5, 0.6) is 5.75 Å². The molecule has 2 heterocycles. The minimum Gasteiger partial charge on any atom is -0.484 e. The van der Waals surface area contributed by atoms with Gasteiger partial charge in [0.15, 0.2) is 0 Å². The van der Waals surface area contributed by atoms with Gasteiger partial charge in [-0.3, -0.25) is 0 Å². The molecular formula is C16H17Br2NOS. The highest BCUT2D eigenvalue weighted by atomic mass is 79.9. The average molecular weight is 431 g/mol. The summed E-state index contributed by atoms with van der Waals surface area (Å²) in [5, 5.41) is 3.65. The Morgan fingerprint density at radius 1 is 1.29 bits per heavy atom. The molecule has 1 aromatic heterocycles. The first-order valence-electron chi connectivity index (χ1n) is 7.12. The van der Waals surface area contributed by atoms with Crippen LogP contribution in [0.4, 0.5) is 0 Å². The normalized spacial score (nSPS) is 20.9. The lowest BCUT2D eigenvalue weighted by atomic mass is 9.95. The van der Waals surface area contributed by atoms with Crippen molar-refractivity contribution in [3.63, 3.8) is 0 Å². The first-order valence-corrected chi connectivity index (χ1v) is 9.52. The average Bonchev–Trinajstić information content (AvgIpc) is 2.91. The predicted octanol–water partition coefficient (Wildman–Crippen LogP) is 5.84. The molecule has 0 aliphatic carbocycles. The third-order valence-corrected chi connectivity index (χ3v) is 5.83. The Morgan fingerprint density at radius 2 is 2.14 bits per heavy atom. The van der Waals surface area contributed by atoms with Gasteiger partial charge < -0.3 is 10.1 Å². The molecule has 21 heavy (non-hydrogen) atoms. The van der Waals surface area contributed by atoms with Crippen molar-refractivity contribution in [2.75, 3.05) is 6.54 Å². The van der Waals surface area contributed by atoms with Crippen molar-refractivity contribution in [2.45, 2.75) is 31.9 Å². The lowest BCUT2D eigenvalue weighted by Gasteiger charge is -2.32. The van der Waals surface area contributed by atoms with Gasteiger partial charge in [0.1, 0.15) is 11.9 Å². The molecule has 112 valence electrons. The minimum atomic E-state index is 0.129. The molecule has 3 rings (SSSR count). The Hall–Kier alpha value is -0.360. The molecule has 2 aromatic rings. The Labute approximate surface area is 146 Å². The van der Waals surface area contributed by atoms with Crippen molar-refractivity contribution >= 4 is 43.2 Å². The van der Waals surface area contributed by atoms with Gasteiger partial charge in [-0.05, 0) is 59.2 Å².